The maximum absolute atomic E-state index is 5.36. The first-order chi connectivity index (χ1) is 22.9. The van der Waals surface area contributed by atoms with Crippen molar-refractivity contribution >= 4 is 68.3 Å². The minimum atomic E-state index is 0.0802. The normalized spacial score (nSPS) is 13.8. The summed E-state index contributed by atoms with van der Waals surface area (Å²) in [6.45, 7) is 9.15. The number of hydrogen-bond donors (Lipinski definition) is 0. The molecule has 4 heterocycles. The largest absolute Gasteiger partial charge is 0.311 e. The summed E-state index contributed by atoms with van der Waals surface area (Å²) in [6.07, 6.45) is 0. The van der Waals surface area contributed by atoms with Crippen molar-refractivity contribution in [3.8, 4) is 17.1 Å². The molecular formula is C42H33BN4. The second kappa shape index (κ2) is 9.26. The number of aromatic nitrogens is 2. The fraction of sp³-hybridized carbons (Fsp3) is 0.119. The molecule has 47 heavy (non-hydrogen) atoms. The van der Waals surface area contributed by atoms with Crippen molar-refractivity contribution in [2.75, 3.05) is 9.80 Å². The molecule has 0 fully saturated rings. The van der Waals surface area contributed by atoms with Crippen LogP contribution in [0.25, 0.3) is 28.1 Å². The van der Waals surface area contributed by atoms with E-state index in [0.29, 0.717) is 0 Å². The van der Waals surface area contributed by atoms with Crippen LogP contribution >= 0.6 is 0 Å². The lowest BCUT2D eigenvalue weighted by atomic mass is 9.32. The number of para-hydroxylation sites is 1. The lowest BCUT2D eigenvalue weighted by Crippen LogP contribution is -2.64. The number of benzene rings is 6. The summed E-state index contributed by atoms with van der Waals surface area (Å²) < 4.78 is 2.45. The first-order valence-electron chi connectivity index (χ1n) is 16.5. The van der Waals surface area contributed by atoms with Crippen LogP contribution in [0.4, 0.5) is 34.1 Å². The van der Waals surface area contributed by atoms with Gasteiger partial charge in [-0.25, -0.2) is 4.98 Å². The number of rotatable bonds is 3. The number of hydrogen-bond acceptors (Lipinski definition) is 3. The molecule has 0 N–H and O–H groups in total. The summed E-state index contributed by atoms with van der Waals surface area (Å²) in [5, 5.41) is 0. The lowest BCUT2D eigenvalue weighted by molar-refractivity contribution is 0.590. The van der Waals surface area contributed by atoms with Crippen molar-refractivity contribution in [1.82, 2.24) is 9.55 Å². The van der Waals surface area contributed by atoms with Crippen LogP contribution in [-0.2, 0) is 5.41 Å². The molecule has 0 radical (unpaired) electrons. The smallest absolute Gasteiger partial charge is 0.257 e. The molecule has 3 aliphatic rings. The van der Waals surface area contributed by atoms with Gasteiger partial charge in [0.05, 0.1) is 11.0 Å². The zero-order chi connectivity index (χ0) is 31.6. The van der Waals surface area contributed by atoms with Crippen molar-refractivity contribution < 1.29 is 0 Å². The molecule has 7 aromatic rings. The summed E-state index contributed by atoms with van der Waals surface area (Å²) in [4.78, 5) is 10.3. The van der Waals surface area contributed by atoms with E-state index < -0.39 is 0 Å². The highest BCUT2D eigenvalue weighted by molar-refractivity contribution is 7.02. The van der Waals surface area contributed by atoms with E-state index >= 15 is 0 Å². The monoisotopic (exact) mass is 604 g/mol. The average molecular weight is 605 g/mol. The fourth-order valence-electron chi connectivity index (χ4n) is 8.26. The lowest BCUT2D eigenvalue weighted by Gasteiger charge is -2.46. The molecular weight excluding hydrogens is 571 g/mol. The van der Waals surface area contributed by atoms with Crippen LogP contribution in [0.15, 0.2) is 127 Å². The van der Waals surface area contributed by atoms with Gasteiger partial charge in [-0.1, -0.05) is 87.5 Å². The zero-order valence-corrected chi connectivity index (χ0v) is 27.0. The van der Waals surface area contributed by atoms with Gasteiger partial charge < -0.3 is 9.80 Å². The van der Waals surface area contributed by atoms with Gasteiger partial charge >= 0.3 is 0 Å². The first-order valence-corrected chi connectivity index (χ1v) is 16.5. The molecule has 0 bridgehead atoms. The highest BCUT2D eigenvalue weighted by atomic mass is 15.2. The van der Waals surface area contributed by atoms with Gasteiger partial charge in [-0.2, -0.15) is 0 Å². The molecule has 0 saturated carbocycles. The van der Waals surface area contributed by atoms with E-state index in [9.17, 15) is 0 Å². The highest BCUT2D eigenvalue weighted by Gasteiger charge is 2.48. The number of imidazole rings is 1. The van der Waals surface area contributed by atoms with Crippen molar-refractivity contribution in [3.05, 3.63) is 139 Å². The van der Waals surface area contributed by atoms with Crippen molar-refractivity contribution in [2.45, 2.75) is 33.1 Å². The van der Waals surface area contributed by atoms with E-state index in [1.54, 1.807) is 0 Å². The van der Waals surface area contributed by atoms with Crippen LogP contribution in [0.2, 0.25) is 0 Å². The molecule has 0 amide bonds. The minimum Gasteiger partial charge on any atom is -0.311 e. The molecule has 5 heteroatoms. The van der Waals surface area contributed by atoms with E-state index in [4.69, 9.17) is 4.98 Å². The Balaban J connectivity index is 1.36. The number of anilines is 6. The Kier molecular flexibility index (Phi) is 5.25. The highest BCUT2D eigenvalue weighted by Crippen LogP contribution is 2.47. The maximum Gasteiger partial charge on any atom is 0.257 e. The third kappa shape index (κ3) is 3.57. The number of fused-ring (bicyclic) bond motifs is 1. The third-order valence-electron chi connectivity index (χ3n) is 10.3. The predicted molar refractivity (Wildman–Crippen MR) is 198 cm³/mol. The van der Waals surface area contributed by atoms with Gasteiger partial charge in [-0.3, -0.25) is 4.57 Å². The summed E-state index contributed by atoms with van der Waals surface area (Å²) >= 11 is 0. The molecule has 0 unspecified atom stereocenters. The number of aryl methyl sites for hydroxylation is 1. The Labute approximate surface area is 275 Å². The van der Waals surface area contributed by atoms with Crippen LogP contribution in [0.1, 0.15) is 31.9 Å². The molecule has 4 nitrogen and oxygen atoms in total. The maximum atomic E-state index is 5.36. The molecule has 224 valence electrons. The summed E-state index contributed by atoms with van der Waals surface area (Å²) in [5.74, 6) is 0.984. The molecule has 0 aliphatic carbocycles. The summed E-state index contributed by atoms with van der Waals surface area (Å²) in [7, 11) is 0. The van der Waals surface area contributed by atoms with E-state index in [1.807, 2.05) is 0 Å². The first kappa shape index (κ1) is 26.7. The van der Waals surface area contributed by atoms with E-state index in [1.165, 1.54) is 67.2 Å². The topological polar surface area (TPSA) is 24.3 Å². The van der Waals surface area contributed by atoms with Gasteiger partial charge in [0.25, 0.3) is 6.71 Å². The average Bonchev–Trinajstić information content (AvgIpc) is 3.49. The second-order valence-electron chi connectivity index (χ2n) is 14.2. The van der Waals surface area contributed by atoms with Crippen LogP contribution in [0.3, 0.4) is 0 Å². The Morgan fingerprint density at radius 2 is 1.15 bits per heavy atom. The van der Waals surface area contributed by atoms with Gasteiger partial charge in [0, 0.05) is 45.4 Å². The van der Waals surface area contributed by atoms with E-state index in [2.05, 4.69) is 169 Å². The summed E-state index contributed by atoms with van der Waals surface area (Å²) in [6, 6.07) is 46.8. The Morgan fingerprint density at radius 1 is 0.553 bits per heavy atom. The van der Waals surface area contributed by atoms with Crippen molar-refractivity contribution in [2.24, 2.45) is 0 Å². The van der Waals surface area contributed by atoms with Crippen LogP contribution in [-0.4, -0.2) is 16.3 Å². The van der Waals surface area contributed by atoms with Crippen molar-refractivity contribution in [1.29, 1.82) is 0 Å². The van der Waals surface area contributed by atoms with Crippen LogP contribution in [0, 0.1) is 6.92 Å². The van der Waals surface area contributed by atoms with Gasteiger partial charge in [0.1, 0.15) is 5.82 Å². The molecule has 0 atom stereocenters. The molecule has 0 spiro atoms. The van der Waals surface area contributed by atoms with Gasteiger partial charge in [0.2, 0.25) is 0 Å². The Bertz CT molecular complexity index is 2400. The molecule has 6 aromatic carbocycles. The predicted octanol–water partition coefficient (Wildman–Crippen LogP) is 8.69. The molecule has 0 saturated heterocycles. The van der Waals surface area contributed by atoms with Gasteiger partial charge in [-0.15, -0.1) is 0 Å². The standard InChI is InChI=1S/C42H33BN4/c1-26-24-35-38-36(25-26)47-40-31(44-41(47)27-12-7-5-8-13-27)22-23-34-39(40)43(38)37-32(45(34)29-14-9-6-10-15-29)16-11-17-33(37)46(35)30-20-18-28(19-21-30)42(2,3)4/h5-25H,1-4H3. The number of nitrogens with zero attached hydrogens (tertiary/aromatic N) is 4. The second-order valence-corrected chi connectivity index (χ2v) is 14.2. The summed E-state index contributed by atoms with van der Waals surface area (Å²) in [5.41, 5.74) is 18.5. The Morgan fingerprint density at radius 3 is 1.85 bits per heavy atom. The fourth-order valence-corrected chi connectivity index (χ4v) is 8.26. The van der Waals surface area contributed by atoms with Crippen LogP contribution < -0.4 is 26.2 Å². The van der Waals surface area contributed by atoms with Crippen LogP contribution in [0.5, 0.6) is 0 Å². The van der Waals surface area contributed by atoms with Crippen molar-refractivity contribution in [3.63, 3.8) is 0 Å². The third-order valence-corrected chi connectivity index (χ3v) is 10.3. The van der Waals surface area contributed by atoms with Gasteiger partial charge in [-0.05, 0) is 101 Å². The zero-order valence-electron chi connectivity index (χ0n) is 27.0. The quantitative estimate of drug-likeness (QED) is 0.189. The minimum absolute atomic E-state index is 0.0802. The molecule has 10 rings (SSSR count). The van der Waals surface area contributed by atoms with E-state index in [-0.39, 0.29) is 12.1 Å². The molecule has 1 aromatic heterocycles. The Hall–Kier alpha value is -5.55. The molecule has 3 aliphatic heterocycles. The van der Waals surface area contributed by atoms with E-state index in [0.717, 1.165) is 22.6 Å². The van der Waals surface area contributed by atoms with Gasteiger partial charge in [0.15, 0.2) is 0 Å². The SMILES string of the molecule is Cc1cc2c3c(c1)-n1c(-c4ccccc4)nc4ccc5c(c41)B3c1c(cccc1N5c1ccccc1)N2c1ccc(C(C)(C)C)cc1.